The predicted molar refractivity (Wildman–Crippen MR) is 163 cm³/mol. The van der Waals surface area contributed by atoms with Crippen LogP contribution in [0.5, 0.6) is 0 Å². The van der Waals surface area contributed by atoms with Crippen LogP contribution >= 0.6 is 23.2 Å². The van der Waals surface area contributed by atoms with Gasteiger partial charge in [0.2, 0.25) is 0 Å². The lowest BCUT2D eigenvalue weighted by molar-refractivity contribution is -0.139. The Bertz CT molecular complexity index is 1420. The number of carboxylic acid groups (broad SMARTS) is 1. The molecular weight excluding hydrogens is 559 g/mol. The van der Waals surface area contributed by atoms with Gasteiger partial charge in [0.05, 0.1) is 27.1 Å². The molecule has 2 N–H and O–H groups in total. The molecule has 0 amide bonds. The number of dihydropyridines is 1. The average Bonchev–Trinajstić information content (AvgIpc) is 2.95. The Morgan fingerprint density at radius 2 is 1.46 bits per heavy atom. The number of carboxylic acids is 1. The molecule has 0 bridgehead atoms. The number of hydrogen-bond donors (Lipinski definition) is 2. The molecule has 1 unspecified atom stereocenters. The fraction of sp³-hybridized carbons (Fsp3) is 0.273. The van der Waals surface area contributed by atoms with Gasteiger partial charge in [-0.3, -0.25) is 0 Å². The Morgan fingerprint density at radius 1 is 0.878 bits per heavy atom. The number of allylic oxidation sites excluding steroid dienone is 2. The van der Waals surface area contributed by atoms with E-state index in [4.69, 9.17) is 27.9 Å². The van der Waals surface area contributed by atoms with Gasteiger partial charge in [0.25, 0.3) is 0 Å². The SMILES string of the molecule is CC1=C(C(=O)O)C(c2cccc(Cl)c2Cl)C(C(=O)OCCN(C)CCC(c2ccccc2)c2ccccc2)=C(C)N1. The van der Waals surface area contributed by atoms with Gasteiger partial charge in [-0.2, -0.15) is 0 Å². The molecule has 6 nitrogen and oxygen atoms in total. The molecule has 4 rings (SSSR count). The lowest BCUT2D eigenvalue weighted by Gasteiger charge is -2.30. The van der Waals surface area contributed by atoms with E-state index in [9.17, 15) is 14.7 Å². The van der Waals surface area contributed by atoms with E-state index < -0.39 is 17.9 Å². The molecule has 0 radical (unpaired) electrons. The van der Waals surface area contributed by atoms with Crippen molar-refractivity contribution in [1.29, 1.82) is 0 Å². The summed E-state index contributed by atoms with van der Waals surface area (Å²) in [6.45, 7) is 4.85. The molecule has 214 valence electrons. The third-order valence-electron chi connectivity index (χ3n) is 7.41. The molecular formula is C33H34Cl2N2O4. The number of halogens is 2. The maximum absolute atomic E-state index is 13.5. The van der Waals surface area contributed by atoms with Gasteiger partial charge in [-0.1, -0.05) is 96.0 Å². The molecule has 3 aromatic carbocycles. The number of hydrogen-bond acceptors (Lipinski definition) is 5. The van der Waals surface area contributed by atoms with Gasteiger partial charge in [0, 0.05) is 23.9 Å². The van der Waals surface area contributed by atoms with Crippen LogP contribution in [0.4, 0.5) is 0 Å². The minimum atomic E-state index is -1.15. The molecule has 0 fully saturated rings. The fourth-order valence-electron chi connectivity index (χ4n) is 5.33. The number of carbonyl (C=O) groups excluding carboxylic acids is 1. The summed E-state index contributed by atoms with van der Waals surface area (Å²) in [5.41, 5.74) is 4.13. The van der Waals surface area contributed by atoms with Crippen molar-refractivity contribution in [2.45, 2.75) is 32.1 Å². The number of ether oxygens (including phenoxy) is 1. The van der Waals surface area contributed by atoms with E-state index in [1.54, 1.807) is 32.0 Å². The van der Waals surface area contributed by atoms with Crippen molar-refractivity contribution in [2.75, 3.05) is 26.7 Å². The summed E-state index contributed by atoms with van der Waals surface area (Å²) in [5.74, 6) is -2.43. The number of esters is 1. The summed E-state index contributed by atoms with van der Waals surface area (Å²) in [5, 5.41) is 13.6. The number of aliphatic carboxylic acids is 1. The molecule has 8 heteroatoms. The van der Waals surface area contributed by atoms with Crippen LogP contribution in [0.15, 0.2) is 101 Å². The molecule has 3 aromatic rings. The van der Waals surface area contributed by atoms with E-state index in [0.29, 0.717) is 23.5 Å². The minimum Gasteiger partial charge on any atom is -0.478 e. The zero-order chi connectivity index (χ0) is 29.5. The number of nitrogens with zero attached hydrogens (tertiary/aromatic N) is 1. The maximum atomic E-state index is 13.5. The van der Waals surface area contributed by atoms with Gasteiger partial charge in [-0.05, 0) is 56.6 Å². The highest BCUT2D eigenvalue weighted by molar-refractivity contribution is 6.42. The quantitative estimate of drug-likeness (QED) is 0.233. The van der Waals surface area contributed by atoms with Crippen molar-refractivity contribution in [3.63, 3.8) is 0 Å². The first-order chi connectivity index (χ1) is 19.7. The molecule has 0 aliphatic carbocycles. The van der Waals surface area contributed by atoms with Crippen molar-refractivity contribution in [3.8, 4) is 0 Å². The Morgan fingerprint density at radius 3 is 2.05 bits per heavy atom. The van der Waals surface area contributed by atoms with Gasteiger partial charge < -0.3 is 20.1 Å². The number of likely N-dealkylation sites (N-methyl/N-ethyl adjacent to an activating group) is 1. The average molecular weight is 594 g/mol. The Kier molecular flexibility index (Phi) is 10.3. The normalized spacial score (nSPS) is 15.3. The van der Waals surface area contributed by atoms with E-state index in [1.165, 1.54) is 11.1 Å². The largest absolute Gasteiger partial charge is 0.478 e. The van der Waals surface area contributed by atoms with Crippen LogP contribution in [0.1, 0.15) is 48.8 Å². The molecule has 0 saturated carbocycles. The van der Waals surface area contributed by atoms with E-state index in [0.717, 1.165) is 13.0 Å². The minimum absolute atomic E-state index is 0.0247. The topological polar surface area (TPSA) is 78.9 Å². The van der Waals surface area contributed by atoms with Crippen LogP contribution in [0.25, 0.3) is 0 Å². The Labute approximate surface area is 251 Å². The highest BCUT2D eigenvalue weighted by atomic mass is 35.5. The van der Waals surface area contributed by atoms with Gasteiger partial charge >= 0.3 is 11.9 Å². The molecule has 41 heavy (non-hydrogen) atoms. The van der Waals surface area contributed by atoms with Gasteiger partial charge in [-0.25, -0.2) is 9.59 Å². The van der Waals surface area contributed by atoms with Crippen LogP contribution in [-0.4, -0.2) is 48.7 Å². The summed E-state index contributed by atoms with van der Waals surface area (Å²) in [6.07, 6.45) is 0.897. The number of benzene rings is 3. The first-order valence-electron chi connectivity index (χ1n) is 13.5. The number of carbonyl (C=O) groups is 2. The lowest BCUT2D eigenvalue weighted by Crippen LogP contribution is -2.33. The summed E-state index contributed by atoms with van der Waals surface area (Å²) in [4.78, 5) is 27.9. The third-order valence-corrected chi connectivity index (χ3v) is 8.25. The Hall–Kier alpha value is -3.58. The number of nitrogens with one attached hydrogen (secondary N) is 1. The maximum Gasteiger partial charge on any atom is 0.336 e. The molecule has 1 aliphatic heterocycles. The van der Waals surface area contributed by atoms with Crippen LogP contribution in [0.3, 0.4) is 0 Å². The zero-order valence-electron chi connectivity index (χ0n) is 23.4. The fourth-order valence-corrected chi connectivity index (χ4v) is 5.75. The standard InChI is InChI=1S/C33H34Cl2N2O4/c1-21-28(32(38)39)30(26-15-10-16-27(34)31(26)35)29(22(2)36-21)33(40)41-20-19-37(3)18-17-25(23-11-6-4-7-12-23)24-13-8-5-9-14-24/h4-16,25,30,36H,17-20H2,1-3H3,(H,38,39). The van der Waals surface area contributed by atoms with Gasteiger partial charge in [0.15, 0.2) is 0 Å². The van der Waals surface area contributed by atoms with Gasteiger partial charge in [-0.15, -0.1) is 0 Å². The zero-order valence-corrected chi connectivity index (χ0v) is 24.9. The van der Waals surface area contributed by atoms with Crippen molar-refractivity contribution < 1.29 is 19.4 Å². The van der Waals surface area contributed by atoms with E-state index in [2.05, 4.69) is 58.7 Å². The van der Waals surface area contributed by atoms with Crippen LogP contribution in [0, 0.1) is 0 Å². The second kappa shape index (κ2) is 13.9. The molecule has 0 aromatic heterocycles. The van der Waals surface area contributed by atoms with E-state index in [1.807, 2.05) is 19.2 Å². The van der Waals surface area contributed by atoms with E-state index in [-0.39, 0.29) is 33.7 Å². The summed E-state index contributed by atoms with van der Waals surface area (Å²) >= 11 is 12.8. The first-order valence-corrected chi connectivity index (χ1v) is 14.3. The molecule has 0 spiro atoms. The third kappa shape index (κ3) is 7.20. The second-order valence-corrected chi connectivity index (χ2v) is 11.0. The van der Waals surface area contributed by atoms with Crippen molar-refractivity contribution in [3.05, 3.63) is 128 Å². The molecule has 1 heterocycles. The summed E-state index contributed by atoms with van der Waals surface area (Å²) < 4.78 is 5.71. The van der Waals surface area contributed by atoms with Crippen LogP contribution in [0.2, 0.25) is 10.0 Å². The van der Waals surface area contributed by atoms with E-state index >= 15 is 0 Å². The van der Waals surface area contributed by atoms with Crippen LogP contribution < -0.4 is 5.32 Å². The molecule has 0 saturated heterocycles. The second-order valence-electron chi connectivity index (χ2n) is 10.2. The predicted octanol–water partition coefficient (Wildman–Crippen LogP) is 7.01. The van der Waals surface area contributed by atoms with Crippen LogP contribution in [-0.2, 0) is 14.3 Å². The highest BCUT2D eigenvalue weighted by Gasteiger charge is 2.38. The monoisotopic (exact) mass is 592 g/mol. The summed E-state index contributed by atoms with van der Waals surface area (Å²) in [6, 6.07) is 25.9. The first kappa shape index (κ1) is 30.4. The van der Waals surface area contributed by atoms with Crippen molar-refractivity contribution in [2.24, 2.45) is 0 Å². The van der Waals surface area contributed by atoms with Gasteiger partial charge in [0.1, 0.15) is 6.61 Å². The highest BCUT2D eigenvalue weighted by Crippen LogP contribution is 2.43. The molecule has 1 atom stereocenters. The molecule has 1 aliphatic rings. The Balaban J connectivity index is 1.44. The summed E-state index contributed by atoms with van der Waals surface area (Å²) in [7, 11) is 2.00. The van der Waals surface area contributed by atoms with Crippen molar-refractivity contribution >= 4 is 35.1 Å². The van der Waals surface area contributed by atoms with Crippen molar-refractivity contribution in [1.82, 2.24) is 10.2 Å². The smallest absolute Gasteiger partial charge is 0.336 e. The lowest BCUT2D eigenvalue weighted by atomic mass is 9.80. The number of rotatable bonds is 11.